The maximum Gasteiger partial charge on any atom is 0.337 e. The Bertz CT molecular complexity index is 3770. The topological polar surface area (TPSA) is 226 Å². The van der Waals surface area contributed by atoms with Gasteiger partial charge in [0.1, 0.15) is 58.4 Å². The number of benzene rings is 2. The number of nitrogens with zero attached hydrogens (tertiary/aromatic N) is 11. The van der Waals surface area contributed by atoms with Crippen LogP contribution in [0.25, 0.3) is 67.4 Å². The molecule has 2 unspecified atom stereocenters. The molecule has 2 aromatic carbocycles. The summed E-state index contributed by atoms with van der Waals surface area (Å²) >= 11 is 0. The lowest BCUT2D eigenvalue weighted by molar-refractivity contribution is 0.0695. The Kier molecular flexibility index (Phi) is 17.2. The van der Waals surface area contributed by atoms with Crippen LogP contribution in [0.15, 0.2) is 106 Å². The second kappa shape index (κ2) is 25.0. The summed E-state index contributed by atoms with van der Waals surface area (Å²) in [6.45, 7) is 5.49. The number of carbonyl (C=O) groups is 2. The molecule has 83 heavy (non-hydrogen) atoms. The summed E-state index contributed by atoms with van der Waals surface area (Å²) < 4.78 is 50.8. The summed E-state index contributed by atoms with van der Waals surface area (Å²) in [5.41, 5.74) is 8.91. The van der Waals surface area contributed by atoms with Crippen molar-refractivity contribution in [3.8, 4) is 68.8 Å². The van der Waals surface area contributed by atoms with Crippen LogP contribution in [0.4, 0.5) is 20.2 Å². The molecule has 0 aliphatic carbocycles. The number of fused-ring (bicyclic) bond motifs is 2. The molecule has 1 amide bonds. The van der Waals surface area contributed by atoms with Crippen LogP contribution in [0.1, 0.15) is 57.5 Å². The number of halogens is 2. The standard InChI is InChI=1S/C31H31FN6O3.C25H19FN4O4.C6H14N2/c1-36(2)23-8-11-38(18-23)31(39)21-13-27(40-3)29(35-16-21)28-14-25-30(41-28)24(6-9-34-25)19-4-5-26(20(12-19)15-33)37-10-7-22(32)17-37;1-33-21-9-16(25(31)32)12-29-23(21)22-10-19-24(34-22)18(4-6-28-19)14-2-3-20(15(8-14)11-27)30-7-5-17(26)13-30;1-8(2)6-3-4-7-5-6/h4-6,9,12-14,16,22-23H,7-8,10-11,17-18H2,1-3H3;2-4,6,8-10,12,17H,5,7,13H2,1H3,(H,31,32);6-7H,3-5H2,1-2H3/t22?,23-;;6-/m1.1/s1. The van der Waals surface area contributed by atoms with Crippen molar-refractivity contribution < 1.29 is 41.8 Å². The van der Waals surface area contributed by atoms with E-state index < -0.39 is 18.3 Å². The molecule has 4 atom stereocenters. The molecule has 0 radical (unpaired) electrons. The van der Waals surface area contributed by atoms with Gasteiger partial charge in [-0.25, -0.2) is 23.5 Å². The van der Waals surface area contributed by atoms with Crippen molar-refractivity contribution in [3.05, 3.63) is 120 Å². The van der Waals surface area contributed by atoms with Crippen LogP contribution in [0.5, 0.6) is 11.5 Å². The van der Waals surface area contributed by atoms with Crippen LogP contribution in [0, 0.1) is 22.7 Å². The summed E-state index contributed by atoms with van der Waals surface area (Å²) in [7, 11) is 11.3. The lowest BCUT2D eigenvalue weighted by Gasteiger charge is -2.20. The predicted molar refractivity (Wildman–Crippen MR) is 311 cm³/mol. The fourth-order valence-corrected chi connectivity index (χ4v) is 11.0. The molecule has 6 aromatic heterocycles. The van der Waals surface area contributed by atoms with E-state index in [1.807, 2.05) is 59.1 Å². The number of carbonyl (C=O) groups excluding carboxylic acids is 1. The molecule has 10 heterocycles. The van der Waals surface area contributed by atoms with Crippen LogP contribution >= 0.6 is 0 Å². The highest BCUT2D eigenvalue weighted by molar-refractivity contribution is 5.97. The third kappa shape index (κ3) is 12.3. The lowest BCUT2D eigenvalue weighted by atomic mass is 10.0. The van der Waals surface area contributed by atoms with Gasteiger partial charge in [0.2, 0.25) is 0 Å². The Morgan fingerprint density at radius 3 is 1.57 bits per heavy atom. The first kappa shape index (κ1) is 57.2. The van der Waals surface area contributed by atoms with E-state index in [2.05, 4.69) is 61.3 Å². The van der Waals surface area contributed by atoms with Crippen molar-refractivity contribution >= 4 is 45.5 Å². The van der Waals surface area contributed by atoms with E-state index in [-0.39, 0.29) is 23.8 Å². The normalized spacial score (nSPS) is 18.5. The number of hydrogen-bond acceptors (Lipinski definition) is 17. The van der Waals surface area contributed by atoms with Gasteiger partial charge >= 0.3 is 5.97 Å². The number of pyridine rings is 4. The predicted octanol–water partition coefficient (Wildman–Crippen LogP) is 9.35. The zero-order chi connectivity index (χ0) is 58.5. The lowest BCUT2D eigenvalue weighted by Crippen LogP contribution is -2.34. The second-order valence-electron chi connectivity index (χ2n) is 21.3. The number of alkyl halides is 2. The number of hydrogen-bond donors (Lipinski definition) is 2. The molecule has 21 heteroatoms. The number of ether oxygens (including phenoxy) is 2. The SMILES string of the molecule is CN(C)[C@@H]1CCNC1.COc1cc(C(=O)N2CC[C@@H](N(C)C)C2)cnc1-c1cc2nccc(-c3ccc(N4CCC(F)C4)c(C#N)c3)c2o1.COc1cc(C(=O)O)cnc1-c1cc2nccc(-c3ccc(N4CCC(F)C4)c(C#N)c3)c2o1. The van der Waals surface area contributed by atoms with E-state index in [1.165, 1.54) is 46.0 Å². The maximum absolute atomic E-state index is 13.8. The molecule has 0 saturated carbocycles. The molecule has 428 valence electrons. The fraction of sp³-hybridized carbons (Fsp3) is 0.355. The van der Waals surface area contributed by atoms with E-state index in [4.69, 9.17) is 18.3 Å². The number of furan rings is 2. The van der Waals surface area contributed by atoms with Crippen LogP contribution < -0.4 is 24.6 Å². The monoisotopic (exact) mass is 1130 g/mol. The Labute approximate surface area is 479 Å². The largest absolute Gasteiger partial charge is 0.494 e. The van der Waals surface area contributed by atoms with Crippen molar-refractivity contribution in [2.24, 2.45) is 0 Å². The van der Waals surface area contributed by atoms with Gasteiger partial charge in [0.15, 0.2) is 22.7 Å². The van der Waals surface area contributed by atoms with E-state index in [0.717, 1.165) is 40.4 Å². The van der Waals surface area contributed by atoms with Gasteiger partial charge in [-0.05, 0) is 120 Å². The van der Waals surface area contributed by atoms with Gasteiger partial charge in [0.25, 0.3) is 5.91 Å². The summed E-state index contributed by atoms with van der Waals surface area (Å²) in [5.74, 6) is 0.312. The van der Waals surface area contributed by atoms with Gasteiger partial charge in [-0.3, -0.25) is 14.8 Å². The molecule has 4 saturated heterocycles. The van der Waals surface area contributed by atoms with Gasteiger partial charge in [-0.2, -0.15) is 10.5 Å². The highest BCUT2D eigenvalue weighted by Crippen LogP contribution is 2.40. The zero-order valence-electron chi connectivity index (χ0n) is 47.1. The van der Waals surface area contributed by atoms with Crippen molar-refractivity contribution in [1.82, 2.24) is 40.0 Å². The molecule has 4 fully saturated rings. The first-order valence-electron chi connectivity index (χ1n) is 27.4. The molecular formula is C62H64F2N12O7. The average Bonchev–Trinajstić information content (AvgIpc) is 4.32. The number of nitriles is 2. The maximum atomic E-state index is 13.8. The number of likely N-dealkylation sites (N-methyl/N-ethyl adjacent to an activating group) is 2. The number of methoxy groups -OCH3 is 2. The van der Waals surface area contributed by atoms with Crippen LogP contribution in [-0.4, -0.2) is 171 Å². The smallest absolute Gasteiger partial charge is 0.337 e. The minimum absolute atomic E-state index is 0.00303. The fourth-order valence-electron chi connectivity index (χ4n) is 11.0. The van der Waals surface area contributed by atoms with Crippen molar-refractivity contribution in [1.29, 1.82) is 10.5 Å². The number of carboxylic acid groups (broad SMARTS) is 1. The van der Waals surface area contributed by atoms with Crippen LogP contribution in [0.3, 0.4) is 0 Å². The molecule has 0 bridgehead atoms. The minimum atomic E-state index is -1.11. The number of likely N-dealkylation sites (tertiary alicyclic amines) is 1. The van der Waals surface area contributed by atoms with Gasteiger partial charge in [0.05, 0.1) is 47.8 Å². The number of amides is 1. The van der Waals surface area contributed by atoms with Gasteiger partial charge in [-0.15, -0.1) is 0 Å². The minimum Gasteiger partial charge on any atom is -0.494 e. The van der Waals surface area contributed by atoms with Crippen molar-refractivity contribution in [3.63, 3.8) is 0 Å². The third-order valence-electron chi connectivity index (χ3n) is 15.7. The molecular weight excluding hydrogens is 1060 g/mol. The second-order valence-corrected chi connectivity index (χ2v) is 21.3. The number of anilines is 2. The number of nitrogens with one attached hydrogen (secondary N) is 1. The summed E-state index contributed by atoms with van der Waals surface area (Å²) in [4.78, 5) is 52.2. The van der Waals surface area contributed by atoms with Gasteiger partial charge < -0.3 is 53.2 Å². The molecule has 19 nitrogen and oxygen atoms in total. The summed E-state index contributed by atoms with van der Waals surface area (Å²) in [6.07, 6.45) is 7.53. The molecule has 8 aromatic rings. The quantitative estimate of drug-likeness (QED) is 0.116. The number of aromatic nitrogens is 4. The summed E-state index contributed by atoms with van der Waals surface area (Å²) in [6, 6.07) is 26.9. The van der Waals surface area contributed by atoms with E-state index in [0.29, 0.717) is 125 Å². The zero-order valence-corrected chi connectivity index (χ0v) is 47.1. The first-order chi connectivity index (χ1) is 40.1. The number of rotatable bonds is 12. The van der Waals surface area contributed by atoms with Gasteiger partial charge in [0, 0.05) is 106 Å². The molecule has 0 spiro atoms. The van der Waals surface area contributed by atoms with Crippen LogP contribution in [-0.2, 0) is 0 Å². The van der Waals surface area contributed by atoms with E-state index in [1.54, 1.807) is 55.0 Å². The molecule has 2 N–H and O–H groups in total. The summed E-state index contributed by atoms with van der Waals surface area (Å²) in [5, 5.41) is 32.1. The molecule has 4 aliphatic rings. The van der Waals surface area contributed by atoms with Crippen LogP contribution in [0.2, 0.25) is 0 Å². The first-order valence-corrected chi connectivity index (χ1v) is 27.4. The van der Waals surface area contributed by atoms with Crippen molar-refractivity contribution in [2.45, 2.75) is 50.1 Å². The Hall–Kier alpha value is -9.02. The number of carboxylic acids is 1. The number of aromatic carboxylic acids is 1. The average molecular weight is 1130 g/mol. The van der Waals surface area contributed by atoms with Crippen molar-refractivity contribution in [2.75, 3.05) is 105 Å². The highest BCUT2D eigenvalue weighted by Gasteiger charge is 2.31. The van der Waals surface area contributed by atoms with E-state index >= 15 is 0 Å². The Morgan fingerprint density at radius 1 is 0.651 bits per heavy atom. The third-order valence-corrected chi connectivity index (χ3v) is 15.7. The molecule has 4 aliphatic heterocycles. The Morgan fingerprint density at radius 2 is 1.16 bits per heavy atom. The Balaban J connectivity index is 0.000000165. The highest BCUT2D eigenvalue weighted by atomic mass is 19.1. The van der Waals surface area contributed by atoms with E-state index in [9.17, 15) is 34.0 Å². The molecule has 12 rings (SSSR count). The van der Waals surface area contributed by atoms with Gasteiger partial charge in [-0.1, -0.05) is 12.1 Å².